The van der Waals surface area contributed by atoms with E-state index in [9.17, 15) is 9.59 Å². The summed E-state index contributed by atoms with van der Waals surface area (Å²) in [7, 11) is 0. The fourth-order valence-corrected chi connectivity index (χ4v) is 1.24. The van der Waals surface area contributed by atoms with Crippen molar-refractivity contribution >= 4 is 34.1 Å². The maximum atomic E-state index is 10.1. The van der Waals surface area contributed by atoms with E-state index in [1.54, 1.807) is 48.5 Å². The van der Waals surface area contributed by atoms with Gasteiger partial charge in [-0.2, -0.15) is 36.4 Å². The van der Waals surface area contributed by atoms with Crippen LogP contribution in [0.5, 0.6) is 11.5 Å². The van der Waals surface area contributed by atoms with Crippen molar-refractivity contribution in [3.05, 3.63) is 60.7 Å². The van der Waals surface area contributed by atoms with E-state index in [0.29, 0.717) is 11.5 Å². The van der Waals surface area contributed by atoms with Gasteiger partial charge in [-0.15, -0.1) is 24.3 Å². The van der Waals surface area contributed by atoms with Gasteiger partial charge >= 0.3 is 31.9 Å². The number of benzene rings is 2. The molecule has 2 aromatic rings. The second kappa shape index (κ2) is 11.3. The molecule has 0 unspecified atom stereocenters. The summed E-state index contributed by atoms with van der Waals surface area (Å²) >= 11 is 9.88. The van der Waals surface area contributed by atoms with Crippen LogP contribution in [0.1, 0.15) is 0 Å². The van der Waals surface area contributed by atoms with E-state index in [-0.39, 0.29) is 21.1 Å². The molecule has 0 aliphatic carbocycles. The molecule has 4 nitrogen and oxygen atoms in total. The van der Waals surface area contributed by atoms with Crippen molar-refractivity contribution in [1.82, 2.24) is 0 Å². The summed E-state index contributed by atoms with van der Waals surface area (Å²) in [5.74, 6) is 0.859. The average molecular weight is 495 g/mol. The summed E-state index contributed by atoms with van der Waals surface area (Å²) in [5.41, 5.74) is -1.66. The Bertz CT molecular complexity index is 498. The maximum absolute atomic E-state index is 10.1. The zero-order chi connectivity index (χ0) is 14.8. The molecule has 0 atom stereocenters. The first-order valence-electron chi connectivity index (χ1n) is 5.25. The van der Waals surface area contributed by atoms with Crippen LogP contribution in [0.3, 0.4) is 0 Å². The molecule has 0 heterocycles. The van der Waals surface area contributed by atoms with E-state index in [0.717, 1.165) is 0 Å². The van der Waals surface area contributed by atoms with E-state index in [4.69, 9.17) is 23.2 Å². The Morgan fingerprint density at radius 2 is 1.05 bits per heavy atom. The third-order valence-electron chi connectivity index (χ3n) is 1.77. The summed E-state index contributed by atoms with van der Waals surface area (Å²) in [6.45, 7) is 0. The summed E-state index contributed by atoms with van der Waals surface area (Å²) < 4.78 is 9.04. The third kappa shape index (κ3) is 10.1. The zero-order valence-electron chi connectivity index (χ0n) is 10.4. The molecule has 0 N–H and O–H groups in total. The fraction of sp³-hybridized carbons (Fsp3) is 0. The predicted octanol–water partition coefficient (Wildman–Crippen LogP) is 4.45. The summed E-state index contributed by atoms with van der Waals surface area (Å²) in [5, 5.41) is 0. The van der Waals surface area contributed by atoms with Crippen LogP contribution in [0.15, 0.2) is 48.5 Å². The molecular weight excluding hydrogens is 487 g/mol. The number of hydrogen-bond donors (Lipinski definition) is 0. The van der Waals surface area contributed by atoms with Crippen molar-refractivity contribution in [2.24, 2.45) is 0 Å². The summed E-state index contributed by atoms with van der Waals surface area (Å²) in [6, 6.07) is 18.5. The number of rotatable bonds is 2. The van der Waals surface area contributed by atoms with Crippen molar-refractivity contribution < 1.29 is 40.1 Å². The molecule has 0 amide bonds. The topological polar surface area (TPSA) is 52.6 Å². The maximum Gasteiger partial charge on any atom is 2.00 e. The van der Waals surface area contributed by atoms with Gasteiger partial charge in [-0.1, -0.05) is 0 Å². The van der Waals surface area contributed by atoms with Crippen molar-refractivity contribution in [3.8, 4) is 11.5 Å². The Morgan fingerprint density at radius 3 is 1.29 bits per heavy atom. The second-order valence-electron chi connectivity index (χ2n) is 3.15. The van der Waals surface area contributed by atoms with Gasteiger partial charge in [-0.05, 0) is 0 Å². The van der Waals surface area contributed by atoms with Gasteiger partial charge in [0, 0.05) is 34.7 Å². The first kappa shape index (κ1) is 19.6. The molecule has 0 fully saturated rings. The van der Waals surface area contributed by atoms with Crippen LogP contribution in [0.2, 0.25) is 0 Å². The molecule has 0 radical (unpaired) electrons. The van der Waals surface area contributed by atoms with Gasteiger partial charge in [0.05, 0.1) is 0 Å². The minimum Gasteiger partial charge on any atom is -0.441 e. The molecule has 0 bridgehead atoms. The second-order valence-corrected chi connectivity index (χ2v) is 3.77. The SMILES string of the molecule is O=C(Cl)Oc1cc[c-]cc1.O=C(Cl)Oc1cc[c-]cc1.[W+2]. The predicted molar refractivity (Wildman–Crippen MR) is 74.3 cm³/mol. The summed E-state index contributed by atoms with van der Waals surface area (Å²) in [6.07, 6.45) is 0. The largest absolute Gasteiger partial charge is 2.00 e. The van der Waals surface area contributed by atoms with E-state index in [1.165, 1.54) is 0 Å². The van der Waals surface area contributed by atoms with E-state index >= 15 is 0 Å². The van der Waals surface area contributed by atoms with Gasteiger partial charge in [0.25, 0.3) is 0 Å². The Hall–Kier alpha value is -1.35. The number of ether oxygens (including phenoxy) is 2. The first-order valence-corrected chi connectivity index (χ1v) is 6.00. The minimum absolute atomic E-state index is 0. The number of hydrogen-bond acceptors (Lipinski definition) is 4. The number of carbonyl (C=O) groups excluding carboxylic acids is 2. The molecule has 0 aliphatic heterocycles. The number of halogens is 2. The normalized spacial score (nSPS) is 8.48. The van der Waals surface area contributed by atoms with Gasteiger partial charge in [-0.3, -0.25) is 0 Å². The monoisotopic (exact) mass is 494 g/mol. The standard InChI is InChI=1S/2C7H4ClO2.W/c2*8-7(9)10-6-4-2-1-3-5-6;/h2*2-5H;/q2*-1;+2. The molecule has 0 saturated heterocycles. The van der Waals surface area contributed by atoms with Crippen LogP contribution in [0.25, 0.3) is 0 Å². The van der Waals surface area contributed by atoms with Crippen LogP contribution in [-0.4, -0.2) is 10.9 Å². The molecule has 108 valence electrons. The number of carbonyl (C=O) groups is 2. The molecule has 2 rings (SSSR count). The van der Waals surface area contributed by atoms with Crippen LogP contribution >= 0.6 is 23.2 Å². The molecule has 0 aromatic heterocycles. The molecule has 0 spiro atoms. The average Bonchev–Trinajstić information content (AvgIpc) is 2.40. The van der Waals surface area contributed by atoms with Crippen LogP contribution < -0.4 is 9.47 Å². The molecule has 2 aromatic carbocycles. The molecule has 21 heavy (non-hydrogen) atoms. The smallest absolute Gasteiger partial charge is 0.441 e. The van der Waals surface area contributed by atoms with Crippen molar-refractivity contribution in [2.45, 2.75) is 0 Å². The van der Waals surface area contributed by atoms with Gasteiger partial charge in [-0.25, -0.2) is 9.59 Å². The Labute approximate surface area is 146 Å². The van der Waals surface area contributed by atoms with Crippen molar-refractivity contribution in [2.75, 3.05) is 0 Å². The van der Waals surface area contributed by atoms with E-state index in [2.05, 4.69) is 21.6 Å². The van der Waals surface area contributed by atoms with Gasteiger partial charge in [0.1, 0.15) is 0 Å². The van der Waals surface area contributed by atoms with Gasteiger partial charge in [0.15, 0.2) is 0 Å². The van der Waals surface area contributed by atoms with E-state index in [1.807, 2.05) is 0 Å². The molecule has 0 aliphatic rings. The van der Waals surface area contributed by atoms with Crippen molar-refractivity contribution in [3.63, 3.8) is 0 Å². The Morgan fingerprint density at radius 1 is 0.762 bits per heavy atom. The van der Waals surface area contributed by atoms with E-state index < -0.39 is 10.9 Å². The zero-order valence-corrected chi connectivity index (χ0v) is 14.9. The fourth-order valence-electron chi connectivity index (χ4n) is 1.06. The van der Waals surface area contributed by atoms with Crippen molar-refractivity contribution in [1.29, 1.82) is 0 Å². The van der Waals surface area contributed by atoms with Crippen LogP contribution in [0.4, 0.5) is 9.59 Å². The first-order chi connectivity index (χ1) is 9.58. The third-order valence-corrected chi connectivity index (χ3v) is 1.93. The van der Waals surface area contributed by atoms with Gasteiger partial charge in [0.2, 0.25) is 0 Å². The molecule has 7 heteroatoms. The van der Waals surface area contributed by atoms with Crippen LogP contribution in [0, 0.1) is 12.1 Å². The molecule has 0 saturated carbocycles. The quantitative estimate of drug-likeness (QED) is 0.457. The molecular formula is C14H8Cl2O4W. The minimum atomic E-state index is -0.828. The summed E-state index contributed by atoms with van der Waals surface area (Å²) in [4.78, 5) is 20.3. The van der Waals surface area contributed by atoms with Gasteiger partial charge < -0.3 is 9.47 Å². The Balaban J connectivity index is 0.000000364. The Kier molecular flexibility index (Phi) is 10.6. The van der Waals surface area contributed by atoms with Crippen LogP contribution in [-0.2, 0) is 21.1 Å².